The number of anilines is 1. The number of carboxylic acid groups (broad SMARTS) is 1. The molecule has 1 aromatic rings. The predicted octanol–water partition coefficient (Wildman–Crippen LogP) is 3.12. The van der Waals surface area contributed by atoms with Gasteiger partial charge in [-0.25, -0.2) is 9.18 Å². The van der Waals surface area contributed by atoms with Crippen LogP contribution in [-0.2, 0) is 0 Å². The highest BCUT2D eigenvalue weighted by Gasteiger charge is 2.41. The molecule has 0 heterocycles. The lowest BCUT2D eigenvalue weighted by Gasteiger charge is -2.19. The number of aromatic carboxylic acids is 1. The number of rotatable bonds is 5. The van der Waals surface area contributed by atoms with E-state index in [0.29, 0.717) is 6.04 Å². The van der Waals surface area contributed by atoms with E-state index in [1.54, 1.807) is 6.07 Å². The van der Waals surface area contributed by atoms with Crippen LogP contribution in [0.5, 0.6) is 0 Å². The van der Waals surface area contributed by atoms with Gasteiger partial charge in [0.15, 0.2) is 0 Å². The largest absolute Gasteiger partial charge is 0.478 e. The first-order chi connectivity index (χ1) is 8.65. The third-order valence-corrected chi connectivity index (χ3v) is 3.79. The number of nitrogens with one attached hydrogen (secondary N) is 1. The SMILES string of the molecule is O=C(O)c1cc(NC(C2CC2)C2CC2)ccc1F. The summed E-state index contributed by atoms with van der Waals surface area (Å²) in [5.74, 6) is -0.459. The molecule has 0 unspecified atom stereocenters. The fourth-order valence-electron chi connectivity index (χ4n) is 2.50. The van der Waals surface area contributed by atoms with Gasteiger partial charge in [-0.3, -0.25) is 0 Å². The van der Waals surface area contributed by atoms with Gasteiger partial charge in [0.1, 0.15) is 5.82 Å². The van der Waals surface area contributed by atoms with E-state index >= 15 is 0 Å². The van der Waals surface area contributed by atoms with E-state index in [9.17, 15) is 9.18 Å². The fourth-order valence-corrected chi connectivity index (χ4v) is 2.50. The lowest BCUT2D eigenvalue weighted by molar-refractivity contribution is 0.0692. The Hall–Kier alpha value is -1.58. The highest BCUT2D eigenvalue weighted by atomic mass is 19.1. The van der Waals surface area contributed by atoms with Crippen LogP contribution in [0.1, 0.15) is 36.0 Å². The van der Waals surface area contributed by atoms with Crippen LogP contribution in [0.4, 0.5) is 10.1 Å². The van der Waals surface area contributed by atoms with Gasteiger partial charge in [-0.1, -0.05) is 0 Å². The summed E-state index contributed by atoms with van der Waals surface area (Å²) in [6.07, 6.45) is 5.00. The van der Waals surface area contributed by atoms with Crippen LogP contribution in [0.15, 0.2) is 18.2 Å². The first kappa shape index (κ1) is 11.5. The highest BCUT2D eigenvalue weighted by molar-refractivity contribution is 5.89. The predicted molar refractivity (Wildman–Crippen MR) is 66.2 cm³/mol. The minimum Gasteiger partial charge on any atom is -0.478 e. The Morgan fingerprint density at radius 3 is 2.39 bits per heavy atom. The number of carboxylic acids is 1. The molecular weight excluding hydrogens is 233 g/mol. The molecule has 0 radical (unpaired) electrons. The van der Waals surface area contributed by atoms with E-state index in [-0.39, 0.29) is 5.56 Å². The molecule has 0 saturated heterocycles. The van der Waals surface area contributed by atoms with Crippen molar-refractivity contribution in [2.45, 2.75) is 31.7 Å². The summed E-state index contributed by atoms with van der Waals surface area (Å²) in [4.78, 5) is 10.9. The van der Waals surface area contributed by atoms with Crippen LogP contribution >= 0.6 is 0 Å². The molecule has 0 atom stereocenters. The fraction of sp³-hybridized carbons (Fsp3) is 0.500. The van der Waals surface area contributed by atoms with Crippen LogP contribution in [0.25, 0.3) is 0 Å². The molecule has 2 aliphatic rings. The lowest BCUT2D eigenvalue weighted by Crippen LogP contribution is -2.24. The van der Waals surface area contributed by atoms with Crippen molar-refractivity contribution in [3.8, 4) is 0 Å². The first-order valence-corrected chi connectivity index (χ1v) is 6.44. The van der Waals surface area contributed by atoms with Crippen molar-refractivity contribution in [1.29, 1.82) is 0 Å². The Balaban J connectivity index is 1.78. The second-order valence-corrected chi connectivity index (χ2v) is 5.34. The molecule has 0 bridgehead atoms. The maximum absolute atomic E-state index is 13.3. The molecule has 2 fully saturated rings. The average Bonchev–Trinajstić information content (AvgIpc) is 3.20. The maximum atomic E-state index is 13.3. The van der Waals surface area contributed by atoms with Crippen molar-refractivity contribution in [3.63, 3.8) is 0 Å². The number of benzene rings is 1. The number of halogens is 1. The Morgan fingerprint density at radius 1 is 1.28 bits per heavy atom. The van der Waals surface area contributed by atoms with Crippen LogP contribution in [0, 0.1) is 17.7 Å². The first-order valence-electron chi connectivity index (χ1n) is 6.44. The topological polar surface area (TPSA) is 49.3 Å². The van der Waals surface area contributed by atoms with Gasteiger partial charge in [0.25, 0.3) is 0 Å². The summed E-state index contributed by atoms with van der Waals surface area (Å²) in [6, 6.07) is 4.69. The highest BCUT2D eigenvalue weighted by Crippen LogP contribution is 2.45. The zero-order chi connectivity index (χ0) is 12.7. The molecule has 3 rings (SSSR count). The zero-order valence-electron chi connectivity index (χ0n) is 10.0. The third-order valence-electron chi connectivity index (χ3n) is 3.79. The van der Waals surface area contributed by atoms with E-state index < -0.39 is 11.8 Å². The van der Waals surface area contributed by atoms with Crippen LogP contribution in [-0.4, -0.2) is 17.1 Å². The van der Waals surface area contributed by atoms with Crippen molar-refractivity contribution in [2.75, 3.05) is 5.32 Å². The molecule has 2 N–H and O–H groups in total. The zero-order valence-corrected chi connectivity index (χ0v) is 10.0. The average molecular weight is 249 g/mol. The van der Waals surface area contributed by atoms with E-state index in [0.717, 1.165) is 17.5 Å². The van der Waals surface area contributed by atoms with Crippen molar-refractivity contribution < 1.29 is 14.3 Å². The number of hydrogen-bond acceptors (Lipinski definition) is 2. The van der Waals surface area contributed by atoms with E-state index in [1.807, 2.05) is 0 Å². The van der Waals surface area contributed by atoms with E-state index in [2.05, 4.69) is 5.32 Å². The van der Waals surface area contributed by atoms with Crippen LogP contribution < -0.4 is 5.32 Å². The van der Waals surface area contributed by atoms with Gasteiger partial charge >= 0.3 is 5.97 Å². The van der Waals surface area contributed by atoms with E-state index in [4.69, 9.17) is 5.11 Å². The van der Waals surface area contributed by atoms with Crippen LogP contribution in [0.2, 0.25) is 0 Å². The third kappa shape index (κ3) is 2.33. The molecule has 18 heavy (non-hydrogen) atoms. The molecule has 0 spiro atoms. The molecule has 1 aromatic carbocycles. The van der Waals surface area contributed by atoms with Gasteiger partial charge in [-0.15, -0.1) is 0 Å². The number of hydrogen-bond donors (Lipinski definition) is 2. The summed E-state index contributed by atoms with van der Waals surface area (Å²) < 4.78 is 13.3. The molecule has 3 nitrogen and oxygen atoms in total. The molecule has 0 aromatic heterocycles. The summed E-state index contributed by atoms with van der Waals surface area (Å²) >= 11 is 0. The van der Waals surface area contributed by atoms with E-state index in [1.165, 1.54) is 37.8 Å². The molecule has 2 saturated carbocycles. The summed E-state index contributed by atoms with van der Waals surface area (Å²) in [7, 11) is 0. The van der Waals surface area contributed by atoms with Crippen molar-refractivity contribution >= 4 is 11.7 Å². The Morgan fingerprint density at radius 2 is 1.89 bits per heavy atom. The smallest absolute Gasteiger partial charge is 0.338 e. The quantitative estimate of drug-likeness (QED) is 0.843. The molecule has 4 heteroatoms. The molecule has 0 amide bonds. The van der Waals surface area contributed by atoms with Gasteiger partial charge in [0, 0.05) is 11.7 Å². The Bertz CT molecular complexity index is 469. The van der Waals surface area contributed by atoms with Gasteiger partial charge in [-0.05, 0) is 55.7 Å². The second kappa shape index (κ2) is 4.26. The molecule has 2 aliphatic carbocycles. The van der Waals surface area contributed by atoms with Crippen molar-refractivity contribution in [2.24, 2.45) is 11.8 Å². The molecule has 0 aliphatic heterocycles. The van der Waals surface area contributed by atoms with Gasteiger partial charge in [0.05, 0.1) is 5.56 Å². The maximum Gasteiger partial charge on any atom is 0.338 e. The Kier molecular flexibility index (Phi) is 2.73. The summed E-state index contributed by atoms with van der Waals surface area (Å²) in [5, 5.41) is 12.3. The monoisotopic (exact) mass is 249 g/mol. The van der Waals surface area contributed by atoms with Gasteiger partial charge < -0.3 is 10.4 Å². The standard InChI is InChI=1S/C14H16FNO2/c15-12-6-5-10(7-11(12)14(17)18)16-13(8-1-2-8)9-3-4-9/h5-9,13,16H,1-4H2,(H,17,18). The van der Waals surface area contributed by atoms with Crippen LogP contribution in [0.3, 0.4) is 0 Å². The summed E-state index contributed by atoms with van der Waals surface area (Å²) in [6.45, 7) is 0. The normalized spacial score (nSPS) is 19.0. The van der Waals surface area contributed by atoms with Crippen molar-refractivity contribution in [3.05, 3.63) is 29.6 Å². The Labute approximate surface area is 105 Å². The molecular formula is C14H16FNO2. The van der Waals surface area contributed by atoms with Gasteiger partial charge in [-0.2, -0.15) is 0 Å². The molecule has 96 valence electrons. The lowest BCUT2D eigenvalue weighted by atomic mass is 10.1. The second-order valence-electron chi connectivity index (χ2n) is 5.34. The van der Waals surface area contributed by atoms with Crippen molar-refractivity contribution in [1.82, 2.24) is 0 Å². The number of carbonyl (C=O) groups is 1. The minimum atomic E-state index is -1.22. The summed E-state index contributed by atoms with van der Waals surface area (Å²) in [5.41, 5.74) is 0.461. The minimum absolute atomic E-state index is 0.259. The van der Waals surface area contributed by atoms with Gasteiger partial charge in [0.2, 0.25) is 0 Å².